The highest BCUT2D eigenvalue weighted by molar-refractivity contribution is 6.20. The minimum atomic E-state index is -0.381. The zero-order valence-electron chi connectivity index (χ0n) is 10.1. The minimum absolute atomic E-state index is 0.238. The SMILES string of the molecule is COc1ccc(C(Cl)Cc2ccccc2)cc1F. The lowest BCUT2D eigenvalue weighted by molar-refractivity contribution is 0.386. The molecule has 0 spiro atoms. The van der Waals surface area contributed by atoms with Crippen molar-refractivity contribution in [3.05, 3.63) is 65.5 Å². The van der Waals surface area contributed by atoms with Crippen molar-refractivity contribution in [3.63, 3.8) is 0 Å². The standard InChI is InChI=1S/C15H14ClFO/c1-18-15-8-7-12(10-14(15)17)13(16)9-11-5-3-2-4-6-11/h2-8,10,13H,9H2,1H3. The second kappa shape index (κ2) is 5.87. The number of hydrogen-bond donors (Lipinski definition) is 0. The van der Waals surface area contributed by atoms with E-state index in [1.807, 2.05) is 30.3 Å². The van der Waals surface area contributed by atoms with Gasteiger partial charge in [-0.15, -0.1) is 11.6 Å². The Bertz CT molecular complexity index is 513. The van der Waals surface area contributed by atoms with Crippen LogP contribution in [0.1, 0.15) is 16.5 Å². The number of alkyl halides is 1. The molecular weight excluding hydrogens is 251 g/mol. The molecular formula is C15H14ClFO. The van der Waals surface area contributed by atoms with Gasteiger partial charge in [0.2, 0.25) is 0 Å². The summed E-state index contributed by atoms with van der Waals surface area (Å²) in [4.78, 5) is 0. The van der Waals surface area contributed by atoms with Gasteiger partial charge in [0.25, 0.3) is 0 Å². The van der Waals surface area contributed by atoms with Crippen LogP contribution in [0.5, 0.6) is 5.75 Å². The van der Waals surface area contributed by atoms with Gasteiger partial charge < -0.3 is 4.74 Å². The third-order valence-corrected chi connectivity index (χ3v) is 3.20. The van der Waals surface area contributed by atoms with Crippen LogP contribution in [0.4, 0.5) is 4.39 Å². The molecule has 0 aromatic heterocycles. The highest BCUT2D eigenvalue weighted by Gasteiger charge is 2.12. The van der Waals surface area contributed by atoms with Crippen molar-refractivity contribution in [2.45, 2.75) is 11.8 Å². The smallest absolute Gasteiger partial charge is 0.165 e. The van der Waals surface area contributed by atoms with Gasteiger partial charge in [-0.25, -0.2) is 4.39 Å². The summed E-state index contributed by atoms with van der Waals surface area (Å²) in [6.07, 6.45) is 0.675. The Balaban J connectivity index is 2.14. The van der Waals surface area contributed by atoms with E-state index in [1.54, 1.807) is 12.1 Å². The quantitative estimate of drug-likeness (QED) is 0.746. The summed E-state index contributed by atoms with van der Waals surface area (Å²) in [6, 6.07) is 14.7. The van der Waals surface area contributed by atoms with Crippen molar-refractivity contribution in [2.75, 3.05) is 7.11 Å². The molecule has 0 N–H and O–H groups in total. The van der Waals surface area contributed by atoms with Crippen LogP contribution in [0, 0.1) is 5.82 Å². The number of halogens is 2. The fourth-order valence-corrected chi connectivity index (χ4v) is 2.13. The van der Waals surface area contributed by atoms with Gasteiger partial charge in [-0.05, 0) is 29.7 Å². The molecule has 0 saturated heterocycles. The largest absolute Gasteiger partial charge is 0.494 e. The van der Waals surface area contributed by atoms with Gasteiger partial charge in [0.15, 0.2) is 11.6 Å². The molecule has 0 aliphatic heterocycles. The maximum absolute atomic E-state index is 13.6. The monoisotopic (exact) mass is 264 g/mol. The lowest BCUT2D eigenvalue weighted by Crippen LogP contribution is -1.97. The third kappa shape index (κ3) is 3.02. The second-order valence-electron chi connectivity index (χ2n) is 4.05. The molecule has 0 amide bonds. The molecule has 0 aliphatic rings. The number of rotatable bonds is 4. The highest BCUT2D eigenvalue weighted by atomic mass is 35.5. The number of benzene rings is 2. The number of ether oxygens (including phenoxy) is 1. The lowest BCUT2D eigenvalue weighted by atomic mass is 10.0. The Kier molecular flexibility index (Phi) is 4.21. The van der Waals surface area contributed by atoms with Gasteiger partial charge >= 0.3 is 0 Å². The molecule has 0 saturated carbocycles. The first-order chi connectivity index (χ1) is 8.70. The topological polar surface area (TPSA) is 9.23 Å². The summed E-state index contributed by atoms with van der Waals surface area (Å²) < 4.78 is 18.4. The van der Waals surface area contributed by atoms with Crippen molar-refractivity contribution >= 4 is 11.6 Å². The van der Waals surface area contributed by atoms with Crippen LogP contribution in [-0.4, -0.2) is 7.11 Å². The molecule has 18 heavy (non-hydrogen) atoms. The van der Waals surface area contributed by atoms with Crippen molar-refractivity contribution < 1.29 is 9.13 Å². The van der Waals surface area contributed by atoms with Crippen LogP contribution in [0.3, 0.4) is 0 Å². The fourth-order valence-electron chi connectivity index (χ4n) is 1.82. The van der Waals surface area contributed by atoms with E-state index < -0.39 is 0 Å². The average molecular weight is 265 g/mol. The molecule has 94 valence electrons. The van der Waals surface area contributed by atoms with E-state index in [2.05, 4.69) is 0 Å². The van der Waals surface area contributed by atoms with Crippen molar-refractivity contribution in [1.82, 2.24) is 0 Å². The maximum Gasteiger partial charge on any atom is 0.165 e. The Morgan fingerprint density at radius 2 is 1.89 bits per heavy atom. The van der Waals surface area contributed by atoms with E-state index >= 15 is 0 Å². The summed E-state index contributed by atoms with van der Waals surface area (Å²) >= 11 is 6.30. The second-order valence-corrected chi connectivity index (χ2v) is 4.58. The first-order valence-electron chi connectivity index (χ1n) is 5.72. The van der Waals surface area contributed by atoms with E-state index in [1.165, 1.54) is 13.2 Å². The van der Waals surface area contributed by atoms with Crippen LogP contribution >= 0.6 is 11.6 Å². The Labute approximate surface area is 111 Å². The number of methoxy groups -OCH3 is 1. The summed E-state index contributed by atoms with van der Waals surface area (Å²) in [5.41, 5.74) is 1.90. The molecule has 2 aromatic carbocycles. The van der Waals surface area contributed by atoms with Crippen molar-refractivity contribution in [3.8, 4) is 5.75 Å². The van der Waals surface area contributed by atoms with Gasteiger partial charge in [0.05, 0.1) is 12.5 Å². The normalized spacial score (nSPS) is 12.2. The Morgan fingerprint density at radius 3 is 2.50 bits per heavy atom. The molecule has 0 bridgehead atoms. The van der Waals surface area contributed by atoms with E-state index in [9.17, 15) is 4.39 Å². The van der Waals surface area contributed by atoms with Crippen molar-refractivity contribution in [1.29, 1.82) is 0 Å². The predicted molar refractivity (Wildman–Crippen MR) is 71.7 cm³/mol. The van der Waals surface area contributed by atoms with Crippen LogP contribution < -0.4 is 4.74 Å². The first kappa shape index (κ1) is 12.9. The molecule has 0 heterocycles. The van der Waals surface area contributed by atoms with E-state index in [-0.39, 0.29) is 16.9 Å². The molecule has 0 radical (unpaired) electrons. The molecule has 2 rings (SSSR count). The minimum Gasteiger partial charge on any atom is -0.494 e. The Hall–Kier alpha value is -1.54. The number of hydrogen-bond acceptors (Lipinski definition) is 1. The molecule has 0 fully saturated rings. The van der Waals surface area contributed by atoms with E-state index in [0.29, 0.717) is 6.42 Å². The van der Waals surface area contributed by atoms with Crippen LogP contribution in [0.25, 0.3) is 0 Å². The maximum atomic E-state index is 13.6. The fraction of sp³-hybridized carbons (Fsp3) is 0.200. The van der Waals surface area contributed by atoms with Gasteiger partial charge in [0, 0.05) is 0 Å². The summed E-state index contributed by atoms with van der Waals surface area (Å²) in [6.45, 7) is 0. The van der Waals surface area contributed by atoms with Gasteiger partial charge in [-0.2, -0.15) is 0 Å². The highest BCUT2D eigenvalue weighted by Crippen LogP contribution is 2.28. The van der Waals surface area contributed by atoms with Gasteiger partial charge in [-0.3, -0.25) is 0 Å². The zero-order chi connectivity index (χ0) is 13.0. The molecule has 1 unspecified atom stereocenters. The van der Waals surface area contributed by atoms with Gasteiger partial charge in [0.1, 0.15) is 0 Å². The average Bonchev–Trinajstić information content (AvgIpc) is 2.39. The predicted octanol–water partition coefficient (Wildman–Crippen LogP) is 4.36. The summed E-state index contributed by atoms with van der Waals surface area (Å²) in [7, 11) is 1.44. The summed E-state index contributed by atoms with van der Waals surface area (Å²) in [5.74, 6) is -0.143. The molecule has 3 heteroatoms. The lowest BCUT2D eigenvalue weighted by Gasteiger charge is -2.11. The molecule has 2 aromatic rings. The molecule has 0 aliphatic carbocycles. The van der Waals surface area contributed by atoms with Crippen molar-refractivity contribution in [2.24, 2.45) is 0 Å². The third-order valence-electron chi connectivity index (χ3n) is 2.80. The zero-order valence-corrected chi connectivity index (χ0v) is 10.8. The van der Waals surface area contributed by atoms with Gasteiger partial charge in [-0.1, -0.05) is 36.4 Å². The van der Waals surface area contributed by atoms with Crippen LogP contribution in [-0.2, 0) is 6.42 Å². The molecule has 1 nitrogen and oxygen atoms in total. The van der Waals surface area contributed by atoms with E-state index in [0.717, 1.165) is 11.1 Å². The van der Waals surface area contributed by atoms with E-state index in [4.69, 9.17) is 16.3 Å². The first-order valence-corrected chi connectivity index (χ1v) is 6.16. The Morgan fingerprint density at radius 1 is 1.17 bits per heavy atom. The summed E-state index contributed by atoms with van der Waals surface area (Å²) in [5, 5.41) is -0.243. The van der Waals surface area contributed by atoms with Crippen LogP contribution in [0.2, 0.25) is 0 Å². The van der Waals surface area contributed by atoms with Crippen LogP contribution in [0.15, 0.2) is 48.5 Å². The molecule has 1 atom stereocenters.